The molecule has 2 saturated heterocycles. The molecule has 2 aliphatic heterocycles. The Kier molecular flexibility index (Phi) is 4.91. The third-order valence-electron chi connectivity index (χ3n) is 4.22. The van der Waals surface area contributed by atoms with E-state index >= 15 is 0 Å². The predicted molar refractivity (Wildman–Crippen MR) is 79.6 cm³/mol. The largest absolute Gasteiger partial charge is 0.444 e. The van der Waals surface area contributed by atoms with Crippen molar-refractivity contribution in [2.45, 2.75) is 51.7 Å². The van der Waals surface area contributed by atoms with Crippen molar-refractivity contribution in [2.75, 3.05) is 32.7 Å². The van der Waals surface area contributed by atoms with Gasteiger partial charge in [-0.25, -0.2) is 4.79 Å². The van der Waals surface area contributed by atoms with Crippen LogP contribution >= 0.6 is 0 Å². The third kappa shape index (κ3) is 3.85. The zero-order valence-electron chi connectivity index (χ0n) is 13.1. The van der Waals surface area contributed by atoms with Crippen LogP contribution in [0.5, 0.6) is 0 Å². The first kappa shape index (κ1) is 15.6. The van der Waals surface area contributed by atoms with E-state index in [1.54, 1.807) is 0 Å². The number of carbonyl (C=O) groups excluding carboxylic acids is 1. The lowest BCUT2D eigenvalue weighted by molar-refractivity contribution is 0.0276. The van der Waals surface area contributed by atoms with Crippen LogP contribution in [0.25, 0.3) is 0 Å². The maximum Gasteiger partial charge on any atom is 0.410 e. The predicted octanol–water partition coefficient (Wildman–Crippen LogP) is 1.67. The summed E-state index contributed by atoms with van der Waals surface area (Å²) in [6, 6.07) is 0.410. The standard InChI is InChI=1S/C15H29N3O2/c1-15(2,3)20-14(19)18-10-12(9-16)13(11-18)17-7-5-4-6-8-17/h12-13H,4-11,16H2,1-3H3/t12-,13+/m1/s1. The van der Waals surface area contributed by atoms with Crippen LogP contribution in [0.15, 0.2) is 0 Å². The molecule has 2 heterocycles. The fourth-order valence-corrected chi connectivity index (χ4v) is 3.22. The first-order valence-corrected chi connectivity index (χ1v) is 7.83. The van der Waals surface area contributed by atoms with Gasteiger partial charge in [-0.05, 0) is 53.2 Å². The highest BCUT2D eigenvalue weighted by Gasteiger charge is 2.39. The average molecular weight is 283 g/mol. The van der Waals surface area contributed by atoms with Crippen molar-refractivity contribution in [3.8, 4) is 0 Å². The molecule has 0 radical (unpaired) electrons. The van der Waals surface area contributed by atoms with E-state index in [0.29, 0.717) is 18.5 Å². The molecule has 2 rings (SSSR count). The number of carbonyl (C=O) groups is 1. The number of nitrogens with two attached hydrogens (primary N) is 1. The zero-order chi connectivity index (χ0) is 14.8. The van der Waals surface area contributed by atoms with E-state index < -0.39 is 5.60 Å². The van der Waals surface area contributed by atoms with E-state index in [9.17, 15) is 4.79 Å². The van der Waals surface area contributed by atoms with Gasteiger partial charge in [0.05, 0.1) is 0 Å². The van der Waals surface area contributed by atoms with Gasteiger partial charge in [0.15, 0.2) is 0 Å². The van der Waals surface area contributed by atoms with Gasteiger partial charge in [0.25, 0.3) is 0 Å². The van der Waals surface area contributed by atoms with Gasteiger partial charge in [0.2, 0.25) is 0 Å². The Morgan fingerprint density at radius 1 is 1.20 bits per heavy atom. The zero-order valence-corrected chi connectivity index (χ0v) is 13.1. The maximum atomic E-state index is 12.2. The normalized spacial score (nSPS) is 28.7. The molecule has 2 N–H and O–H groups in total. The van der Waals surface area contributed by atoms with Crippen LogP contribution < -0.4 is 5.73 Å². The lowest BCUT2D eigenvalue weighted by Gasteiger charge is -2.34. The average Bonchev–Trinajstić information content (AvgIpc) is 2.82. The minimum atomic E-state index is -0.432. The number of likely N-dealkylation sites (tertiary alicyclic amines) is 2. The van der Waals surface area contributed by atoms with E-state index in [1.807, 2.05) is 25.7 Å². The van der Waals surface area contributed by atoms with Crippen molar-refractivity contribution < 1.29 is 9.53 Å². The number of nitrogens with zero attached hydrogens (tertiary/aromatic N) is 2. The highest BCUT2D eigenvalue weighted by molar-refractivity contribution is 5.68. The van der Waals surface area contributed by atoms with Gasteiger partial charge in [0.1, 0.15) is 5.60 Å². The Balaban J connectivity index is 1.96. The van der Waals surface area contributed by atoms with Gasteiger partial charge in [0, 0.05) is 25.0 Å². The summed E-state index contributed by atoms with van der Waals surface area (Å²) in [5, 5.41) is 0. The second-order valence-corrected chi connectivity index (χ2v) is 7.05. The fourth-order valence-electron chi connectivity index (χ4n) is 3.22. The molecule has 5 nitrogen and oxygen atoms in total. The lowest BCUT2D eigenvalue weighted by atomic mass is 9.99. The number of piperidine rings is 1. The molecule has 0 spiro atoms. The Morgan fingerprint density at radius 3 is 2.40 bits per heavy atom. The summed E-state index contributed by atoms with van der Waals surface area (Å²) in [5.74, 6) is 0.376. The van der Waals surface area contributed by atoms with Gasteiger partial charge in [-0.1, -0.05) is 6.42 Å². The minimum absolute atomic E-state index is 0.199. The van der Waals surface area contributed by atoms with Crippen molar-refractivity contribution in [3.05, 3.63) is 0 Å². The quantitative estimate of drug-likeness (QED) is 0.837. The van der Waals surface area contributed by atoms with Crippen LogP contribution in [-0.4, -0.2) is 60.3 Å². The number of amides is 1. The smallest absolute Gasteiger partial charge is 0.410 e. The van der Waals surface area contributed by atoms with Crippen molar-refractivity contribution in [3.63, 3.8) is 0 Å². The third-order valence-corrected chi connectivity index (χ3v) is 4.22. The minimum Gasteiger partial charge on any atom is -0.444 e. The molecule has 0 aliphatic carbocycles. The SMILES string of the molecule is CC(C)(C)OC(=O)N1C[C@@H](CN)[C@@H](N2CCCCC2)C1. The molecule has 0 unspecified atom stereocenters. The molecular formula is C15H29N3O2. The second kappa shape index (κ2) is 6.31. The highest BCUT2D eigenvalue weighted by Crippen LogP contribution is 2.25. The molecule has 0 aromatic carbocycles. The molecule has 0 aromatic rings. The van der Waals surface area contributed by atoms with Gasteiger partial charge in [-0.3, -0.25) is 4.90 Å². The van der Waals surface area contributed by atoms with Crippen LogP contribution in [0.3, 0.4) is 0 Å². The maximum absolute atomic E-state index is 12.2. The molecule has 2 atom stereocenters. The van der Waals surface area contributed by atoms with E-state index in [1.165, 1.54) is 19.3 Å². The monoisotopic (exact) mass is 283 g/mol. The summed E-state index contributed by atoms with van der Waals surface area (Å²) in [6.45, 7) is 10.1. The molecule has 2 aliphatic rings. The molecule has 0 aromatic heterocycles. The molecule has 0 saturated carbocycles. The highest BCUT2D eigenvalue weighted by atomic mass is 16.6. The summed E-state index contributed by atoms with van der Waals surface area (Å²) >= 11 is 0. The van der Waals surface area contributed by atoms with Crippen molar-refractivity contribution in [1.82, 2.24) is 9.80 Å². The van der Waals surface area contributed by atoms with Crippen LogP contribution in [0.2, 0.25) is 0 Å². The van der Waals surface area contributed by atoms with Gasteiger partial charge >= 0.3 is 6.09 Å². The number of rotatable bonds is 2. The van der Waals surface area contributed by atoms with E-state index in [4.69, 9.17) is 10.5 Å². The molecule has 1 amide bonds. The van der Waals surface area contributed by atoms with Gasteiger partial charge in [-0.15, -0.1) is 0 Å². The second-order valence-electron chi connectivity index (χ2n) is 7.05. The number of hydrogen-bond donors (Lipinski definition) is 1. The van der Waals surface area contributed by atoms with Crippen molar-refractivity contribution >= 4 is 6.09 Å². The summed E-state index contributed by atoms with van der Waals surface area (Å²) < 4.78 is 5.48. The Hall–Kier alpha value is -0.810. The Morgan fingerprint density at radius 2 is 1.85 bits per heavy atom. The van der Waals surface area contributed by atoms with Crippen molar-refractivity contribution in [2.24, 2.45) is 11.7 Å². The molecule has 20 heavy (non-hydrogen) atoms. The first-order chi connectivity index (χ1) is 9.40. The van der Waals surface area contributed by atoms with Crippen LogP contribution in [0.4, 0.5) is 4.79 Å². The molecule has 116 valence electrons. The number of ether oxygens (including phenoxy) is 1. The summed E-state index contributed by atoms with van der Waals surface area (Å²) in [7, 11) is 0. The summed E-state index contributed by atoms with van der Waals surface area (Å²) in [6.07, 6.45) is 3.66. The van der Waals surface area contributed by atoms with Crippen molar-refractivity contribution in [1.29, 1.82) is 0 Å². The fraction of sp³-hybridized carbons (Fsp3) is 0.933. The van der Waals surface area contributed by atoms with Gasteiger partial charge < -0.3 is 15.4 Å². The first-order valence-electron chi connectivity index (χ1n) is 7.83. The summed E-state index contributed by atoms with van der Waals surface area (Å²) in [5.41, 5.74) is 5.48. The summed E-state index contributed by atoms with van der Waals surface area (Å²) in [4.78, 5) is 16.5. The molecule has 0 bridgehead atoms. The molecule has 2 fully saturated rings. The lowest BCUT2D eigenvalue weighted by Crippen LogP contribution is -2.45. The van der Waals surface area contributed by atoms with E-state index in [-0.39, 0.29) is 6.09 Å². The topological polar surface area (TPSA) is 58.8 Å². The van der Waals surface area contributed by atoms with Crippen LogP contribution in [0, 0.1) is 5.92 Å². The van der Waals surface area contributed by atoms with Crippen LogP contribution in [0.1, 0.15) is 40.0 Å². The number of hydrogen-bond acceptors (Lipinski definition) is 4. The molecule has 5 heteroatoms. The van der Waals surface area contributed by atoms with Crippen LogP contribution in [-0.2, 0) is 4.74 Å². The Labute approximate surface area is 122 Å². The molecular weight excluding hydrogens is 254 g/mol. The Bertz CT molecular complexity index is 335. The van der Waals surface area contributed by atoms with E-state index in [2.05, 4.69) is 4.90 Å². The van der Waals surface area contributed by atoms with Gasteiger partial charge in [-0.2, -0.15) is 0 Å². The van der Waals surface area contributed by atoms with E-state index in [0.717, 1.165) is 26.2 Å².